The van der Waals surface area contributed by atoms with E-state index in [-0.39, 0.29) is 10.7 Å². The van der Waals surface area contributed by atoms with Gasteiger partial charge in [0.2, 0.25) is 0 Å². The lowest BCUT2D eigenvalue weighted by Gasteiger charge is -2.06. The first-order chi connectivity index (χ1) is 8.58. The van der Waals surface area contributed by atoms with Crippen molar-refractivity contribution in [3.05, 3.63) is 57.5 Å². The number of carbonyl (C=O) groups excluding carboxylic acids is 1. The number of hydrogen-bond donors (Lipinski definition) is 1. The van der Waals surface area contributed by atoms with Crippen LogP contribution < -0.4 is 5.32 Å². The van der Waals surface area contributed by atoms with Crippen LogP contribution in [0, 0.1) is 5.82 Å². The van der Waals surface area contributed by atoms with E-state index < -0.39 is 11.7 Å². The van der Waals surface area contributed by atoms with Gasteiger partial charge in [-0.3, -0.25) is 4.79 Å². The number of anilines is 1. The second-order valence-corrected chi connectivity index (χ2v) is 4.70. The van der Waals surface area contributed by atoms with Gasteiger partial charge in [0, 0.05) is 16.4 Å². The van der Waals surface area contributed by atoms with Gasteiger partial charge in [-0.2, -0.15) is 0 Å². The zero-order valence-corrected chi connectivity index (χ0v) is 11.3. The second kappa shape index (κ2) is 5.46. The maximum atomic E-state index is 13.6. The number of amides is 1. The van der Waals surface area contributed by atoms with Crippen molar-refractivity contribution in [1.29, 1.82) is 0 Å². The van der Waals surface area contributed by atoms with Crippen LogP contribution in [-0.4, -0.2) is 10.9 Å². The zero-order chi connectivity index (χ0) is 13.1. The minimum absolute atomic E-state index is 0.141. The molecule has 0 spiro atoms. The third-order valence-electron chi connectivity index (χ3n) is 2.19. The summed E-state index contributed by atoms with van der Waals surface area (Å²) in [5.74, 6) is -1.40. The molecule has 0 aliphatic carbocycles. The highest BCUT2D eigenvalue weighted by Crippen LogP contribution is 2.18. The van der Waals surface area contributed by atoms with E-state index in [9.17, 15) is 9.18 Å². The van der Waals surface area contributed by atoms with E-state index in [0.717, 1.165) is 4.47 Å². The van der Waals surface area contributed by atoms with Gasteiger partial charge in [0.15, 0.2) is 11.0 Å². The van der Waals surface area contributed by atoms with Crippen LogP contribution in [0.2, 0.25) is 5.15 Å². The zero-order valence-electron chi connectivity index (χ0n) is 8.95. The van der Waals surface area contributed by atoms with Gasteiger partial charge in [-0.05, 0) is 30.3 Å². The van der Waals surface area contributed by atoms with E-state index in [4.69, 9.17) is 11.6 Å². The van der Waals surface area contributed by atoms with Crippen molar-refractivity contribution < 1.29 is 9.18 Å². The normalized spacial score (nSPS) is 10.2. The number of hydrogen-bond acceptors (Lipinski definition) is 2. The summed E-state index contributed by atoms with van der Waals surface area (Å²) in [5, 5.41) is 2.25. The Kier molecular flexibility index (Phi) is 3.93. The van der Waals surface area contributed by atoms with Crippen LogP contribution in [0.3, 0.4) is 0 Å². The van der Waals surface area contributed by atoms with Crippen LogP contribution in [0.5, 0.6) is 0 Å². The summed E-state index contributed by atoms with van der Waals surface area (Å²) in [4.78, 5) is 15.4. The third-order valence-corrected chi connectivity index (χ3v) is 2.99. The van der Waals surface area contributed by atoms with E-state index in [1.165, 1.54) is 12.3 Å². The molecule has 0 saturated heterocycles. The largest absolute Gasteiger partial charge is 0.322 e. The Morgan fingerprint density at radius 3 is 2.61 bits per heavy atom. The number of nitrogens with one attached hydrogen (secondary N) is 1. The predicted octanol–water partition coefficient (Wildman–Crippen LogP) is 3.89. The average molecular weight is 330 g/mol. The first kappa shape index (κ1) is 13.0. The fraction of sp³-hybridized carbons (Fsp3) is 0. The van der Waals surface area contributed by atoms with Gasteiger partial charge in [-0.25, -0.2) is 9.37 Å². The summed E-state index contributed by atoms with van der Waals surface area (Å²) in [6, 6.07) is 8.21. The lowest BCUT2D eigenvalue weighted by atomic mass is 10.2. The first-order valence-corrected chi connectivity index (χ1v) is 6.12. The summed E-state index contributed by atoms with van der Waals surface area (Å²) in [7, 11) is 0. The van der Waals surface area contributed by atoms with Crippen LogP contribution in [0.1, 0.15) is 10.4 Å². The molecule has 0 bridgehead atoms. The van der Waals surface area contributed by atoms with Crippen molar-refractivity contribution in [3.8, 4) is 0 Å². The molecule has 3 nitrogen and oxygen atoms in total. The number of pyridine rings is 1. The Labute approximate surface area is 116 Å². The van der Waals surface area contributed by atoms with Crippen LogP contribution >= 0.6 is 27.5 Å². The fourth-order valence-corrected chi connectivity index (χ4v) is 1.75. The highest BCUT2D eigenvalue weighted by molar-refractivity contribution is 9.10. The van der Waals surface area contributed by atoms with Gasteiger partial charge in [0.25, 0.3) is 5.91 Å². The van der Waals surface area contributed by atoms with E-state index >= 15 is 0 Å². The quantitative estimate of drug-likeness (QED) is 0.849. The Bertz CT molecular complexity index is 589. The number of nitrogens with zero attached hydrogens (tertiary/aromatic N) is 1. The SMILES string of the molecule is O=C(Nc1ccc(Br)cc1)c1ccnc(Cl)c1F. The molecule has 1 amide bonds. The molecule has 0 unspecified atom stereocenters. The maximum absolute atomic E-state index is 13.6. The molecule has 0 fully saturated rings. The monoisotopic (exact) mass is 328 g/mol. The molecule has 0 atom stereocenters. The van der Waals surface area contributed by atoms with Gasteiger partial charge >= 0.3 is 0 Å². The number of rotatable bonds is 2. The molecule has 1 heterocycles. The predicted molar refractivity (Wildman–Crippen MR) is 71.3 cm³/mol. The smallest absolute Gasteiger partial charge is 0.258 e. The van der Waals surface area contributed by atoms with Crippen molar-refractivity contribution in [2.45, 2.75) is 0 Å². The Balaban J connectivity index is 2.22. The van der Waals surface area contributed by atoms with Crippen LogP contribution in [-0.2, 0) is 0 Å². The molecular weight excluding hydrogens is 322 g/mol. The van der Waals surface area contributed by atoms with Gasteiger partial charge in [-0.1, -0.05) is 27.5 Å². The second-order valence-electron chi connectivity index (χ2n) is 3.42. The molecule has 6 heteroatoms. The van der Waals surface area contributed by atoms with Crippen molar-refractivity contribution in [2.24, 2.45) is 0 Å². The maximum Gasteiger partial charge on any atom is 0.258 e. The van der Waals surface area contributed by atoms with Crippen molar-refractivity contribution in [2.75, 3.05) is 5.32 Å². The van der Waals surface area contributed by atoms with Gasteiger partial charge in [-0.15, -0.1) is 0 Å². The van der Waals surface area contributed by atoms with Crippen molar-refractivity contribution in [3.63, 3.8) is 0 Å². The molecule has 18 heavy (non-hydrogen) atoms. The standard InChI is InChI=1S/C12H7BrClFN2O/c13-7-1-3-8(4-2-7)17-12(18)9-5-6-16-11(14)10(9)15/h1-6H,(H,17,18). The Morgan fingerprint density at radius 1 is 1.28 bits per heavy atom. The van der Waals surface area contributed by atoms with Crippen molar-refractivity contribution >= 4 is 39.1 Å². The number of benzene rings is 1. The molecule has 1 N–H and O–H groups in total. The molecule has 2 rings (SSSR count). The highest BCUT2D eigenvalue weighted by atomic mass is 79.9. The minimum atomic E-state index is -0.825. The van der Waals surface area contributed by atoms with Crippen LogP contribution in [0.25, 0.3) is 0 Å². The third kappa shape index (κ3) is 2.86. The summed E-state index contributed by atoms with van der Waals surface area (Å²) < 4.78 is 14.4. The van der Waals surface area contributed by atoms with E-state index in [1.807, 2.05) is 0 Å². The molecular formula is C12H7BrClFN2O. The number of carbonyl (C=O) groups is 1. The topological polar surface area (TPSA) is 42.0 Å². The summed E-state index contributed by atoms with van der Waals surface area (Å²) >= 11 is 8.79. The Morgan fingerprint density at radius 2 is 1.94 bits per heavy atom. The summed E-state index contributed by atoms with van der Waals surface area (Å²) in [6.07, 6.45) is 1.28. The van der Waals surface area contributed by atoms with Gasteiger partial charge in [0.05, 0.1) is 5.56 Å². The molecule has 1 aromatic carbocycles. The summed E-state index contributed by atoms with van der Waals surface area (Å²) in [5.41, 5.74) is 0.424. The first-order valence-electron chi connectivity index (χ1n) is 4.95. The molecule has 2 aromatic rings. The minimum Gasteiger partial charge on any atom is -0.322 e. The van der Waals surface area contributed by atoms with Gasteiger partial charge < -0.3 is 5.32 Å². The summed E-state index contributed by atoms with van der Waals surface area (Å²) in [6.45, 7) is 0. The lowest BCUT2D eigenvalue weighted by molar-refractivity contribution is 0.102. The molecule has 1 aromatic heterocycles. The van der Waals surface area contributed by atoms with Gasteiger partial charge in [0.1, 0.15) is 0 Å². The van der Waals surface area contributed by atoms with E-state index in [0.29, 0.717) is 5.69 Å². The average Bonchev–Trinajstić information content (AvgIpc) is 2.35. The fourth-order valence-electron chi connectivity index (χ4n) is 1.33. The molecule has 0 aliphatic rings. The molecule has 0 saturated carbocycles. The Hall–Kier alpha value is -1.46. The molecule has 92 valence electrons. The van der Waals surface area contributed by atoms with E-state index in [1.54, 1.807) is 24.3 Å². The number of halogens is 3. The lowest BCUT2D eigenvalue weighted by Crippen LogP contribution is -2.14. The van der Waals surface area contributed by atoms with E-state index in [2.05, 4.69) is 26.2 Å². The highest BCUT2D eigenvalue weighted by Gasteiger charge is 2.14. The van der Waals surface area contributed by atoms with Crippen LogP contribution in [0.15, 0.2) is 41.0 Å². The molecule has 0 radical (unpaired) electrons. The van der Waals surface area contributed by atoms with Crippen LogP contribution in [0.4, 0.5) is 10.1 Å². The van der Waals surface area contributed by atoms with Crippen molar-refractivity contribution in [1.82, 2.24) is 4.98 Å². The molecule has 0 aliphatic heterocycles. The number of aromatic nitrogens is 1.